The van der Waals surface area contributed by atoms with Crippen LogP contribution in [0.15, 0.2) is 151 Å². The van der Waals surface area contributed by atoms with E-state index in [1.54, 1.807) is 0 Å². The molecule has 0 spiro atoms. The monoisotopic (exact) mass is 930 g/mol. The molecule has 0 radical (unpaired) electrons. The molecule has 2 heterocycles. The molecule has 2 aliphatic rings. The molecule has 69 heavy (non-hydrogen) atoms. The average molecular weight is 931 g/mol. The zero-order valence-electron chi connectivity index (χ0n) is 41.4. The van der Waals surface area contributed by atoms with Crippen LogP contribution in [0.4, 0.5) is 34.1 Å². The second-order valence-corrected chi connectivity index (χ2v) is 24.5. The molecule has 2 aromatic heterocycles. The van der Waals surface area contributed by atoms with E-state index in [9.17, 15) is 0 Å². The van der Waals surface area contributed by atoms with Crippen LogP contribution in [0.3, 0.4) is 0 Å². The van der Waals surface area contributed by atoms with Gasteiger partial charge in [-0.25, -0.2) is 0 Å². The lowest BCUT2D eigenvalue weighted by atomic mass is 9.65. The van der Waals surface area contributed by atoms with E-state index in [1.807, 2.05) is 22.7 Å². The number of nitrogens with zero attached hydrogens (tertiary/aromatic N) is 2. The average Bonchev–Trinajstić information content (AvgIpc) is 3.91. The molecule has 0 bridgehead atoms. The molecule has 340 valence electrons. The highest BCUT2D eigenvalue weighted by molar-refractivity contribution is 7.27. The van der Waals surface area contributed by atoms with Crippen molar-refractivity contribution in [3.05, 3.63) is 191 Å². The van der Waals surface area contributed by atoms with Crippen LogP contribution in [-0.2, 0) is 10.8 Å². The smallest absolute Gasteiger partial charge is 0.0730 e. The number of benzene rings is 7. The number of para-hydroxylation sites is 2. The molecule has 0 N–H and O–H groups in total. The van der Waals surface area contributed by atoms with E-state index in [0.717, 1.165) is 33.8 Å². The van der Waals surface area contributed by atoms with Crippen LogP contribution in [0.1, 0.15) is 103 Å². The third-order valence-electron chi connectivity index (χ3n) is 14.9. The highest BCUT2D eigenvalue weighted by atomic mass is 32.1. The molecule has 2 nitrogen and oxygen atoms in total. The van der Waals surface area contributed by atoms with Crippen LogP contribution in [0, 0.1) is 23.5 Å². The summed E-state index contributed by atoms with van der Waals surface area (Å²) in [6, 6.07) is 59.4. The van der Waals surface area contributed by atoms with Gasteiger partial charge in [0.15, 0.2) is 0 Å². The lowest BCUT2D eigenvalue weighted by Crippen LogP contribution is -2.25. The first kappa shape index (κ1) is 43.6. The predicted molar refractivity (Wildman–Crippen MR) is 303 cm³/mol. The molecule has 2 aliphatic carbocycles. The maximum atomic E-state index is 3.62. The molecule has 8 aromatic carbocycles. The molecule has 0 saturated heterocycles. The number of anilines is 6. The van der Waals surface area contributed by atoms with E-state index in [4.69, 9.17) is 0 Å². The Morgan fingerprint density at radius 1 is 0.507 bits per heavy atom. The van der Waals surface area contributed by atoms with Gasteiger partial charge in [0, 0.05) is 59.9 Å². The molecule has 0 aliphatic heterocycles. The summed E-state index contributed by atoms with van der Waals surface area (Å²) >= 11 is 3.83. The Balaban J connectivity index is 1.23. The van der Waals surface area contributed by atoms with Gasteiger partial charge in [0.2, 0.25) is 0 Å². The number of hydrogen-bond acceptors (Lipinski definition) is 4. The van der Waals surface area contributed by atoms with Crippen molar-refractivity contribution >= 4 is 120 Å². The van der Waals surface area contributed by atoms with Gasteiger partial charge < -0.3 is 9.80 Å². The molecule has 4 heteroatoms. The summed E-state index contributed by atoms with van der Waals surface area (Å²) in [7, 11) is 0. The van der Waals surface area contributed by atoms with Crippen molar-refractivity contribution in [3.63, 3.8) is 0 Å². The molecular formula is C65H58N2S2. The number of rotatable bonds is 6. The maximum Gasteiger partial charge on any atom is 0.0730 e. The third-order valence-corrected chi connectivity index (χ3v) is 17.4. The fourth-order valence-electron chi connectivity index (χ4n) is 11.6. The first-order valence-electron chi connectivity index (χ1n) is 24.5. The van der Waals surface area contributed by atoms with E-state index < -0.39 is 0 Å². The second kappa shape index (κ2) is 15.7. The summed E-state index contributed by atoms with van der Waals surface area (Å²) in [5, 5.41) is 7.54. The molecule has 12 rings (SSSR count). The van der Waals surface area contributed by atoms with Crippen molar-refractivity contribution in [3.8, 4) is 0 Å². The Hall–Kier alpha value is -6.64. The van der Waals surface area contributed by atoms with Crippen molar-refractivity contribution < 1.29 is 0 Å². The minimum absolute atomic E-state index is 0.00236. The third kappa shape index (κ3) is 6.87. The summed E-state index contributed by atoms with van der Waals surface area (Å²) in [5.41, 5.74) is 15.1. The zero-order chi connectivity index (χ0) is 47.7. The van der Waals surface area contributed by atoms with Gasteiger partial charge in [-0.3, -0.25) is 0 Å². The Morgan fingerprint density at radius 3 is 1.72 bits per heavy atom. The number of thiophene rings is 2. The number of fused-ring (bicyclic) bond motifs is 6. The Kier molecular flexibility index (Phi) is 9.92. The van der Waals surface area contributed by atoms with Crippen LogP contribution in [-0.4, -0.2) is 0 Å². The van der Waals surface area contributed by atoms with Gasteiger partial charge in [0.25, 0.3) is 0 Å². The van der Waals surface area contributed by atoms with Crippen LogP contribution >= 0.6 is 22.7 Å². The summed E-state index contributed by atoms with van der Waals surface area (Å²) in [6.07, 6.45) is 7.52. The van der Waals surface area contributed by atoms with Crippen LogP contribution in [0.5, 0.6) is 0 Å². The van der Waals surface area contributed by atoms with Gasteiger partial charge in [0.1, 0.15) is 0 Å². The van der Waals surface area contributed by atoms with E-state index in [0.29, 0.717) is 5.92 Å². The Morgan fingerprint density at radius 2 is 1.09 bits per heavy atom. The number of hydrogen-bond donors (Lipinski definition) is 0. The van der Waals surface area contributed by atoms with Gasteiger partial charge in [-0.2, -0.15) is 0 Å². The lowest BCUT2D eigenvalue weighted by molar-refractivity contribution is 0.419. The van der Waals surface area contributed by atoms with Gasteiger partial charge in [0.05, 0.1) is 37.5 Å². The Labute approximate surface area is 415 Å². The van der Waals surface area contributed by atoms with E-state index in [-0.39, 0.29) is 22.2 Å². The minimum Gasteiger partial charge on any atom is -0.308 e. The summed E-state index contributed by atoms with van der Waals surface area (Å²) < 4.78 is 5.18. The SMILES string of the molecule is CC1C(C(C)(C)C)=Cc2ccc3c(N(c4ccccc4)c4cc#cc5c4sc4c(C(C)(C)C)cccc45)cc(N(c4ccccc4)c4cccc5c4sc4c(C(C)(C)C)cccc45)c4c3c2C1C=C4. The van der Waals surface area contributed by atoms with Crippen LogP contribution in [0.25, 0.3) is 63.3 Å². The van der Waals surface area contributed by atoms with Crippen molar-refractivity contribution in [2.75, 3.05) is 9.80 Å². The van der Waals surface area contributed by atoms with Crippen molar-refractivity contribution in [2.45, 2.75) is 86.0 Å². The first-order chi connectivity index (χ1) is 33.1. The van der Waals surface area contributed by atoms with Crippen LogP contribution < -0.4 is 9.80 Å². The second-order valence-electron chi connectivity index (χ2n) is 22.4. The molecule has 2 unspecified atom stereocenters. The van der Waals surface area contributed by atoms with Crippen molar-refractivity contribution in [1.82, 2.24) is 0 Å². The fourth-order valence-corrected chi connectivity index (χ4v) is 14.7. The zero-order valence-corrected chi connectivity index (χ0v) is 43.0. The maximum absolute atomic E-state index is 3.62. The molecule has 0 amide bonds. The number of allylic oxidation sites excluding steroid dienone is 2. The van der Waals surface area contributed by atoms with Gasteiger partial charge in [-0.05, 0) is 86.2 Å². The van der Waals surface area contributed by atoms with E-state index >= 15 is 0 Å². The van der Waals surface area contributed by atoms with Gasteiger partial charge in [-0.15, -0.1) is 22.7 Å². The van der Waals surface area contributed by atoms with Gasteiger partial charge >= 0.3 is 0 Å². The predicted octanol–water partition coefficient (Wildman–Crippen LogP) is 19.9. The van der Waals surface area contributed by atoms with E-state index in [1.165, 1.54) is 84.8 Å². The molecule has 0 saturated carbocycles. The lowest BCUT2D eigenvalue weighted by Gasteiger charge is -2.40. The van der Waals surface area contributed by atoms with E-state index in [2.05, 4.69) is 249 Å². The first-order valence-corrected chi connectivity index (χ1v) is 26.2. The standard InChI is InChI=1S/C65H58N2S2/c1-39-43-35-36-49-56(67(42-23-15-12-16-24-42)54-32-20-28-47-45-26-18-30-51(64(5,6)7)60(45)69-62(47)54)38-55(48-34-33-40(57(43)58(48)49)37-52(39)65(8,9)10)66(41-21-13-11-14-22-41)53-31-19-27-46-44-25-17-29-50(63(2,3)4)59(44)68-61(46)53/h11-18,20-26,28-39,43H,1-10H3. The van der Waals surface area contributed by atoms with Crippen molar-refractivity contribution in [1.29, 1.82) is 0 Å². The summed E-state index contributed by atoms with van der Waals surface area (Å²) in [5.74, 6) is 0.578. The largest absolute Gasteiger partial charge is 0.308 e. The van der Waals surface area contributed by atoms with Crippen molar-refractivity contribution in [2.24, 2.45) is 11.3 Å². The highest BCUT2D eigenvalue weighted by Gasteiger charge is 2.38. The Bertz CT molecular complexity index is 3750. The molecular weight excluding hydrogens is 873 g/mol. The van der Waals surface area contributed by atoms with Gasteiger partial charge in [-0.1, -0.05) is 202 Å². The highest BCUT2D eigenvalue weighted by Crippen LogP contribution is 2.57. The molecule has 10 aromatic rings. The molecule has 2 atom stereocenters. The topological polar surface area (TPSA) is 6.48 Å². The molecule has 0 fully saturated rings. The minimum atomic E-state index is -0.0217. The normalized spacial score (nSPS) is 15.9. The summed E-state index contributed by atoms with van der Waals surface area (Å²) in [6.45, 7) is 23.5. The quantitative estimate of drug-likeness (QED) is 0.164. The van der Waals surface area contributed by atoms with Crippen LogP contribution in [0.2, 0.25) is 0 Å². The fraction of sp³-hybridized carbons (Fsp3) is 0.231. The summed E-state index contributed by atoms with van der Waals surface area (Å²) in [4.78, 5) is 5.10.